The molecule has 0 aromatic carbocycles. The van der Waals surface area contributed by atoms with Gasteiger partial charge >= 0.3 is 0 Å². The molecule has 1 rings (SSSR count). The first-order valence-electron chi connectivity index (χ1n) is 6.61. The van der Waals surface area contributed by atoms with E-state index in [4.69, 9.17) is 10.8 Å². The lowest BCUT2D eigenvalue weighted by Gasteiger charge is -2.25. The Labute approximate surface area is 99.3 Å². The molecular formula is C12H26N4. The number of guanidine groups is 1. The minimum atomic E-state index is 0.488. The minimum absolute atomic E-state index is 0.488. The second-order valence-corrected chi connectivity index (χ2v) is 4.52. The van der Waals surface area contributed by atoms with Gasteiger partial charge in [0.05, 0.1) is 6.04 Å². The van der Waals surface area contributed by atoms with E-state index >= 15 is 0 Å². The van der Waals surface area contributed by atoms with E-state index in [1.165, 1.54) is 25.7 Å². The molecule has 0 radical (unpaired) electrons. The molecule has 0 spiro atoms. The van der Waals surface area contributed by atoms with E-state index < -0.39 is 0 Å². The standard InChI is InChI=1S/C12H26N4/c1-3-9-16(10-4-2)12(15-13)14-11-7-5-6-8-11/h11H,3-10,13H2,1-2H3,(H,14,15). The Kier molecular flexibility index (Phi) is 6.23. The second-order valence-electron chi connectivity index (χ2n) is 4.52. The molecule has 0 bridgehead atoms. The Morgan fingerprint density at radius 2 is 1.81 bits per heavy atom. The fraction of sp³-hybridized carbons (Fsp3) is 0.917. The van der Waals surface area contributed by atoms with Crippen molar-refractivity contribution in [2.75, 3.05) is 13.1 Å². The van der Waals surface area contributed by atoms with E-state index in [2.05, 4.69) is 24.2 Å². The van der Waals surface area contributed by atoms with Crippen molar-refractivity contribution in [3.8, 4) is 0 Å². The molecular weight excluding hydrogens is 200 g/mol. The molecule has 1 fully saturated rings. The summed E-state index contributed by atoms with van der Waals surface area (Å²) in [6.45, 7) is 6.44. The molecule has 94 valence electrons. The number of nitrogens with two attached hydrogens (primary N) is 1. The van der Waals surface area contributed by atoms with Crippen LogP contribution in [0.15, 0.2) is 4.99 Å². The highest BCUT2D eigenvalue weighted by Crippen LogP contribution is 2.21. The molecule has 0 saturated heterocycles. The molecule has 4 nitrogen and oxygen atoms in total. The molecule has 1 saturated carbocycles. The summed E-state index contributed by atoms with van der Waals surface area (Å²) in [5, 5.41) is 0. The Morgan fingerprint density at radius 1 is 1.25 bits per heavy atom. The van der Waals surface area contributed by atoms with Crippen molar-refractivity contribution in [1.82, 2.24) is 10.3 Å². The van der Waals surface area contributed by atoms with Crippen LogP contribution in [0.25, 0.3) is 0 Å². The molecule has 0 aromatic heterocycles. The van der Waals surface area contributed by atoms with Gasteiger partial charge in [0.25, 0.3) is 0 Å². The molecule has 0 heterocycles. The maximum atomic E-state index is 5.59. The fourth-order valence-corrected chi connectivity index (χ4v) is 2.28. The third-order valence-corrected chi connectivity index (χ3v) is 3.05. The third-order valence-electron chi connectivity index (χ3n) is 3.05. The molecule has 3 N–H and O–H groups in total. The molecule has 0 aliphatic heterocycles. The highest BCUT2D eigenvalue weighted by atomic mass is 15.4. The summed E-state index contributed by atoms with van der Waals surface area (Å²) in [5.41, 5.74) is 2.77. The highest BCUT2D eigenvalue weighted by molar-refractivity contribution is 5.79. The normalized spacial score (nSPS) is 17.8. The average Bonchev–Trinajstić information content (AvgIpc) is 2.78. The summed E-state index contributed by atoms with van der Waals surface area (Å²) in [6, 6.07) is 0.488. The van der Waals surface area contributed by atoms with Gasteiger partial charge in [0.15, 0.2) is 0 Å². The third kappa shape index (κ3) is 4.00. The minimum Gasteiger partial charge on any atom is -0.342 e. The monoisotopic (exact) mass is 226 g/mol. The van der Waals surface area contributed by atoms with Crippen LogP contribution in [0.4, 0.5) is 0 Å². The molecule has 0 unspecified atom stereocenters. The van der Waals surface area contributed by atoms with E-state index in [9.17, 15) is 0 Å². The van der Waals surface area contributed by atoms with Gasteiger partial charge in [-0.25, -0.2) is 10.8 Å². The zero-order chi connectivity index (χ0) is 11.8. The van der Waals surface area contributed by atoms with Crippen LogP contribution < -0.4 is 11.3 Å². The van der Waals surface area contributed by atoms with Crippen molar-refractivity contribution >= 4 is 5.96 Å². The predicted molar refractivity (Wildman–Crippen MR) is 69.2 cm³/mol. The number of rotatable bonds is 5. The number of nitrogens with one attached hydrogen (secondary N) is 1. The first kappa shape index (κ1) is 13.3. The molecule has 0 amide bonds. The average molecular weight is 226 g/mol. The number of hydrogen-bond acceptors (Lipinski definition) is 2. The fourth-order valence-electron chi connectivity index (χ4n) is 2.28. The first-order chi connectivity index (χ1) is 7.81. The molecule has 1 aliphatic carbocycles. The van der Waals surface area contributed by atoms with E-state index in [0.717, 1.165) is 31.9 Å². The Bertz CT molecular complexity index is 203. The van der Waals surface area contributed by atoms with Gasteiger partial charge in [-0.15, -0.1) is 0 Å². The van der Waals surface area contributed by atoms with Crippen molar-refractivity contribution in [3.05, 3.63) is 0 Å². The van der Waals surface area contributed by atoms with E-state index in [0.29, 0.717) is 6.04 Å². The Hall–Kier alpha value is -0.770. The van der Waals surface area contributed by atoms with Crippen molar-refractivity contribution < 1.29 is 0 Å². The molecule has 0 atom stereocenters. The van der Waals surface area contributed by atoms with Crippen LogP contribution in [0, 0.1) is 0 Å². The molecule has 1 aliphatic rings. The highest BCUT2D eigenvalue weighted by Gasteiger charge is 2.16. The SMILES string of the molecule is CCCN(CCC)C(=NC1CCCC1)NN. The van der Waals surface area contributed by atoms with Crippen molar-refractivity contribution in [3.63, 3.8) is 0 Å². The lowest BCUT2D eigenvalue weighted by atomic mass is 10.3. The largest absolute Gasteiger partial charge is 0.342 e. The first-order valence-corrected chi connectivity index (χ1v) is 6.61. The van der Waals surface area contributed by atoms with Gasteiger partial charge in [0.1, 0.15) is 0 Å². The number of nitrogens with zero attached hydrogens (tertiary/aromatic N) is 2. The van der Waals surface area contributed by atoms with Gasteiger partial charge in [-0.1, -0.05) is 26.7 Å². The van der Waals surface area contributed by atoms with E-state index in [-0.39, 0.29) is 0 Å². The predicted octanol–water partition coefficient (Wildman–Crippen LogP) is 1.87. The Morgan fingerprint density at radius 3 is 2.25 bits per heavy atom. The van der Waals surface area contributed by atoms with Gasteiger partial charge in [0.2, 0.25) is 5.96 Å². The Balaban J connectivity index is 2.59. The lowest BCUT2D eigenvalue weighted by molar-refractivity contribution is 0.398. The van der Waals surface area contributed by atoms with Crippen LogP contribution in [0.1, 0.15) is 52.4 Å². The number of hydrogen-bond donors (Lipinski definition) is 2. The molecule has 16 heavy (non-hydrogen) atoms. The summed E-state index contributed by atoms with van der Waals surface area (Å²) in [6.07, 6.45) is 7.33. The summed E-state index contributed by atoms with van der Waals surface area (Å²) in [5.74, 6) is 6.47. The molecule has 4 heteroatoms. The van der Waals surface area contributed by atoms with Crippen LogP contribution in [0.5, 0.6) is 0 Å². The number of hydrazine groups is 1. The molecule has 0 aromatic rings. The zero-order valence-electron chi connectivity index (χ0n) is 10.7. The summed E-state index contributed by atoms with van der Waals surface area (Å²) < 4.78 is 0. The summed E-state index contributed by atoms with van der Waals surface area (Å²) in [7, 11) is 0. The van der Waals surface area contributed by atoms with Crippen molar-refractivity contribution in [2.24, 2.45) is 10.8 Å². The van der Waals surface area contributed by atoms with Gasteiger partial charge in [-0.3, -0.25) is 5.43 Å². The van der Waals surface area contributed by atoms with Crippen LogP contribution in [-0.4, -0.2) is 30.0 Å². The summed E-state index contributed by atoms with van der Waals surface area (Å²) in [4.78, 5) is 7.00. The quantitative estimate of drug-likeness (QED) is 0.326. The maximum Gasteiger partial charge on any atom is 0.208 e. The summed E-state index contributed by atoms with van der Waals surface area (Å²) >= 11 is 0. The van der Waals surface area contributed by atoms with Crippen molar-refractivity contribution in [1.29, 1.82) is 0 Å². The van der Waals surface area contributed by atoms with Crippen LogP contribution in [0.3, 0.4) is 0 Å². The van der Waals surface area contributed by atoms with Crippen molar-refractivity contribution in [2.45, 2.75) is 58.4 Å². The zero-order valence-corrected chi connectivity index (χ0v) is 10.7. The lowest BCUT2D eigenvalue weighted by Crippen LogP contribution is -2.46. The van der Waals surface area contributed by atoms with Gasteiger partial charge in [-0.2, -0.15) is 0 Å². The van der Waals surface area contributed by atoms with Crippen LogP contribution >= 0.6 is 0 Å². The van der Waals surface area contributed by atoms with Crippen LogP contribution in [-0.2, 0) is 0 Å². The van der Waals surface area contributed by atoms with E-state index in [1.807, 2.05) is 0 Å². The maximum absolute atomic E-state index is 5.59. The van der Waals surface area contributed by atoms with Gasteiger partial charge in [0, 0.05) is 13.1 Å². The van der Waals surface area contributed by atoms with Crippen LogP contribution in [0.2, 0.25) is 0 Å². The van der Waals surface area contributed by atoms with E-state index in [1.54, 1.807) is 0 Å². The topological polar surface area (TPSA) is 53.6 Å². The van der Waals surface area contributed by atoms with Gasteiger partial charge in [-0.05, 0) is 25.7 Å². The van der Waals surface area contributed by atoms with Gasteiger partial charge < -0.3 is 4.90 Å². The number of aliphatic imine (C=N–C) groups is 1. The second kappa shape index (κ2) is 7.49. The smallest absolute Gasteiger partial charge is 0.208 e.